The molecular weight excluding hydrogens is 260 g/mol. The van der Waals surface area contributed by atoms with E-state index < -0.39 is 0 Å². The van der Waals surface area contributed by atoms with Gasteiger partial charge in [-0.25, -0.2) is 0 Å². The standard InChI is InChI=1S/C14H20N2O4/c1-11(20-10-16-13(17)8-15)7-14(18)19-9-12-5-3-2-4-6-12/h2-6,11H,7-10,15H2,1H3,(H,16,17)/t11-/m1/s1. The zero-order valence-electron chi connectivity index (χ0n) is 11.5. The molecule has 0 unspecified atom stereocenters. The number of ether oxygens (including phenoxy) is 2. The predicted molar refractivity (Wildman–Crippen MR) is 73.5 cm³/mol. The maximum absolute atomic E-state index is 11.6. The van der Waals surface area contributed by atoms with Crippen molar-refractivity contribution < 1.29 is 19.1 Å². The van der Waals surface area contributed by atoms with E-state index in [1.54, 1.807) is 6.92 Å². The number of carbonyl (C=O) groups excluding carboxylic acids is 2. The molecule has 1 rings (SSSR count). The number of nitrogens with one attached hydrogen (secondary N) is 1. The summed E-state index contributed by atoms with van der Waals surface area (Å²) in [5.41, 5.74) is 6.06. The third-order valence-corrected chi connectivity index (χ3v) is 2.52. The number of esters is 1. The van der Waals surface area contributed by atoms with Crippen LogP contribution in [-0.4, -0.2) is 31.3 Å². The van der Waals surface area contributed by atoms with Crippen LogP contribution < -0.4 is 11.1 Å². The summed E-state index contributed by atoms with van der Waals surface area (Å²) in [4.78, 5) is 22.4. The van der Waals surface area contributed by atoms with Crippen molar-refractivity contribution >= 4 is 11.9 Å². The topological polar surface area (TPSA) is 90.6 Å². The molecule has 0 fully saturated rings. The lowest BCUT2D eigenvalue weighted by Crippen LogP contribution is -2.33. The van der Waals surface area contributed by atoms with Gasteiger partial charge in [-0.05, 0) is 12.5 Å². The van der Waals surface area contributed by atoms with Gasteiger partial charge in [-0.1, -0.05) is 30.3 Å². The first kappa shape index (κ1) is 16.1. The molecule has 20 heavy (non-hydrogen) atoms. The lowest BCUT2D eigenvalue weighted by molar-refractivity contribution is -0.148. The molecule has 0 aromatic heterocycles. The third-order valence-electron chi connectivity index (χ3n) is 2.52. The Morgan fingerprint density at radius 3 is 2.65 bits per heavy atom. The van der Waals surface area contributed by atoms with E-state index in [0.29, 0.717) is 0 Å². The van der Waals surface area contributed by atoms with Crippen molar-refractivity contribution in [1.29, 1.82) is 0 Å². The van der Waals surface area contributed by atoms with Crippen molar-refractivity contribution in [3.63, 3.8) is 0 Å². The van der Waals surface area contributed by atoms with E-state index in [0.717, 1.165) is 5.56 Å². The van der Waals surface area contributed by atoms with Crippen LogP contribution in [0.4, 0.5) is 0 Å². The fourth-order valence-corrected chi connectivity index (χ4v) is 1.43. The highest BCUT2D eigenvalue weighted by Crippen LogP contribution is 2.04. The molecule has 6 heteroatoms. The van der Waals surface area contributed by atoms with E-state index in [4.69, 9.17) is 15.2 Å². The van der Waals surface area contributed by atoms with Crippen LogP contribution in [0.5, 0.6) is 0 Å². The number of benzene rings is 1. The van der Waals surface area contributed by atoms with Crippen molar-refractivity contribution in [2.24, 2.45) is 5.73 Å². The molecule has 6 nitrogen and oxygen atoms in total. The van der Waals surface area contributed by atoms with E-state index in [1.807, 2.05) is 30.3 Å². The van der Waals surface area contributed by atoms with Crippen molar-refractivity contribution in [2.45, 2.75) is 26.1 Å². The maximum Gasteiger partial charge on any atom is 0.308 e. The van der Waals surface area contributed by atoms with E-state index in [2.05, 4.69) is 5.32 Å². The molecule has 0 radical (unpaired) electrons. The molecule has 1 amide bonds. The lowest BCUT2D eigenvalue weighted by Gasteiger charge is -2.13. The van der Waals surface area contributed by atoms with Crippen LogP contribution in [0.3, 0.4) is 0 Å². The monoisotopic (exact) mass is 280 g/mol. The van der Waals surface area contributed by atoms with Crippen molar-refractivity contribution in [3.05, 3.63) is 35.9 Å². The van der Waals surface area contributed by atoms with Gasteiger partial charge in [-0.2, -0.15) is 0 Å². The summed E-state index contributed by atoms with van der Waals surface area (Å²) in [6.45, 7) is 1.93. The third kappa shape index (κ3) is 6.86. The molecule has 110 valence electrons. The van der Waals surface area contributed by atoms with Gasteiger partial charge in [-0.15, -0.1) is 0 Å². The number of hydrogen-bond acceptors (Lipinski definition) is 5. The summed E-state index contributed by atoms with van der Waals surface area (Å²) in [6.07, 6.45) is -0.206. The van der Waals surface area contributed by atoms with Crippen LogP contribution in [0.25, 0.3) is 0 Å². The van der Waals surface area contributed by atoms with Crippen LogP contribution in [0.15, 0.2) is 30.3 Å². The lowest BCUT2D eigenvalue weighted by atomic mass is 10.2. The number of rotatable bonds is 8. The second kappa shape index (κ2) is 9.06. The van der Waals surface area contributed by atoms with Gasteiger partial charge in [0, 0.05) is 0 Å². The Bertz CT molecular complexity index is 422. The highest BCUT2D eigenvalue weighted by molar-refractivity contribution is 5.77. The molecule has 0 aliphatic heterocycles. The van der Waals surface area contributed by atoms with Gasteiger partial charge >= 0.3 is 5.97 Å². The molecule has 1 atom stereocenters. The molecule has 3 N–H and O–H groups in total. The largest absolute Gasteiger partial charge is 0.461 e. The first-order valence-corrected chi connectivity index (χ1v) is 6.39. The van der Waals surface area contributed by atoms with Gasteiger partial charge in [-0.3, -0.25) is 9.59 Å². The van der Waals surface area contributed by atoms with E-state index in [1.165, 1.54) is 0 Å². The molecular formula is C14H20N2O4. The van der Waals surface area contributed by atoms with Crippen LogP contribution in [0.2, 0.25) is 0 Å². The predicted octanol–water partition coefficient (Wildman–Crippen LogP) is 0.557. The molecule has 0 aliphatic carbocycles. The summed E-state index contributed by atoms with van der Waals surface area (Å²) < 4.78 is 10.4. The molecule has 1 aromatic carbocycles. The number of nitrogens with two attached hydrogens (primary N) is 1. The Labute approximate surface area is 118 Å². The highest BCUT2D eigenvalue weighted by atomic mass is 16.5. The zero-order valence-corrected chi connectivity index (χ0v) is 11.5. The molecule has 0 saturated heterocycles. The Balaban J connectivity index is 2.16. The average Bonchev–Trinajstić information content (AvgIpc) is 2.46. The molecule has 0 spiro atoms. The molecule has 0 heterocycles. The summed E-state index contributed by atoms with van der Waals surface area (Å²) >= 11 is 0. The van der Waals surface area contributed by atoms with Crippen molar-refractivity contribution in [2.75, 3.05) is 13.3 Å². The minimum absolute atomic E-state index is 0.0309. The molecule has 1 aromatic rings. The first-order chi connectivity index (χ1) is 9.61. The minimum atomic E-state index is -0.341. The molecule has 0 bridgehead atoms. The summed E-state index contributed by atoms with van der Waals surface area (Å²) in [5.74, 6) is -0.643. The summed E-state index contributed by atoms with van der Waals surface area (Å²) in [7, 11) is 0. The Hall–Kier alpha value is -1.92. The van der Waals surface area contributed by atoms with Crippen molar-refractivity contribution in [3.8, 4) is 0 Å². The Morgan fingerprint density at radius 1 is 1.30 bits per heavy atom. The Morgan fingerprint density at radius 2 is 2.00 bits per heavy atom. The van der Waals surface area contributed by atoms with Gasteiger partial charge in [0.05, 0.1) is 19.1 Å². The number of hydrogen-bond donors (Lipinski definition) is 2. The zero-order chi connectivity index (χ0) is 14.8. The second-order valence-corrected chi connectivity index (χ2v) is 4.28. The first-order valence-electron chi connectivity index (χ1n) is 6.39. The van der Waals surface area contributed by atoms with Crippen LogP contribution in [0.1, 0.15) is 18.9 Å². The fraction of sp³-hybridized carbons (Fsp3) is 0.429. The van der Waals surface area contributed by atoms with Crippen LogP contribution in [-0.2, 0) is 25.7 Å². The van der Waals surface area contributed by atoms with E-state index in [-0.39, 0.29) is 44.3 Å². The smallest absolute Gasteiger partial charge is 0.308 e. The maximum atomic E-state index is 11.6. The second-order valence-electron chi connectivity index (χ2n) is 4.28. The van der Waals surface area contributed by atoms with Crippen LogP contribution >= 0.6 is 0 Å². The highest BCUT2D eigenvalue weighted by Gasteiger charge is 2.11. The van der Waals surface area contributed by atoms with Gasteiger partial charge < -0.3 is 20.5 Å². The fourth-order valence-electron chi connectivity index (χ4n) is 1.43. The average molecular weight is 280 g/mol. The van der Waals surface area contributed by atoms with Gasteiger partial charge in [0.15, 0.2) is 0 Å². The molecule has 0 saturated carbocycles. The molecule has 0 aliphatic rings. The normalized spacial score (nSPS) is 11.7. The van der Waals surface area contributed by atoms with Gasteiger partial charge in [0.2, 0.25) is 5.91 Å². The van der Waals surface area contributed by atoms with E-state index >= 15 is 0 Å². The minimum Gasteiger partial charge on any atom is -0.461 e. The number of carbonyl (C=O) groups is 2. The number of amides is 1. The van der Waals surface area contributed by atoms with Crippen molar-refractivity contribution in [1.82, 2.24) is 5.32 Å². The quantitative estimate of drug-likeness (QED) is 0.536. The van der Waals surface area contributed by atoms with Crippen LogP contribution in [0, 0.1) is 0 Å². The van der Waals surface area contributed by atoms with Gasteiger partial charge in [0.1, 0.15) is 13.3 Å². The van der Waals surface area contributed by atoms with E-state index in [9.17, 15) is 9.59 Å². The summed E-state index contributed by atoms with van der Waals surface area (Å²) in [6, 6.07) is 9.44. The SMILES string of the molecule is C[C@H](CC(=O)OCc1ccccc1)OCNC(=O)CN. The Kier molecular flexibility index (Phi) is 7.31. The van der Waals surface area contributed by atoms with Gasteiger partial charge in [0.25, 0.3) is 0 Å². The summed E-state index contributed by atoms with van der Waals surface area (Å²) in [5, 5.41) is 2.46.